The average Bonchev–Trinajstić information content (AvgIpc) is 3.01. The van der Waals surface area contributed by atoms with Crippen LogP contribution >= 0.6 is 11.3 Å². The van der Waals surface area contributed by atoms with E-state index >= 15 is 0 Å². The van der Waals surface area contributed by atoms with E-state index in [9.17, 15) is 14.4 Å². The normalized spacial score (nSPS) is 20.6. The van der Waals surface area contributed by atoms with E-state index in [-0.39, 0.29) is 23.6 Å². The molecule has 1 heterocycles. The molecule has 1 aromatic heterocycles. The summed E-state index contributed by atoms with van der Waals surface area (Å²) in [7, 11) is 1.34. The van der Waals surface area contributed by atoms with Crippen molar-refractivity contribution in [3.05, 3.63) is 33.0 Å². The van der Waals surface area contributed by atoms with Gasteiger partial charge in [-0.1, -0.05) is 6.08 Å². The van der Waals surface area contributed by atoms with E-state index in [0.717, 1.165) is 25.7 Å². The summed E-state index contributed by atoms with van der Waals surface area (Å²) in [6.45, 7) is 9.15. The molecule has 1 aromatic rings. The minimum atomic E-state index is -0.502. The number of ketones is 1. The van der Waals surface area contributed by atoms with E-state index in [1.54, 1.807) is 19.2 Å². The lowest BCUT2D eigenvalue weighted by atomic mass is 9.79. The molecule has 1 aliphatic rings. The number of carbonyl (C=O) groups excluding carboxylic acids is 3. The molecule has 5 nitrogen and oxygen atoms in total. The minimum absolute atomic E-state index is 0.0330. The zero-order valence-electron chi connectivity index (χ0n) is 17.6. The van der Waals surface area contributed by atoms with Crippen molar-refractivity contribution in [1.82, 2.24) is 0 Å². The van der Waals surface area contributed by atoms with E-state index in [2.05, 4.69) is 0 Å². The van der Waals surface area contributed by atoms with Crippen LogP contribution in [-0.4, -0.2) is 30.4 Å². The number of ether oxygens (including phenoxy) is 2. The fourth-order valence-electron chi connectivity index (χ4n) is 3.48. The van der Waals surface area contributed by atoms with Crippen LogP contribution < -0.4 is 0 Å². The van der Waals surface area contributed by atoms with Gasteiger partial charge in [-0.3, -0.25) is 4.79 Å². The minimum Gasteiger partial charge on any atom is -0.465 e. The van der Waals surface area contributed by atoms with Crippen LogP contribution in [0.3, 0.4) is 0 Å². The fraction of sp³-hybridized carbons (Fsp3) is 0.591. The Labute approximate surface area is 171 Å². The highest BCUT2D eigenvalue weighted by Crippen LogP contribution is 2.35. The monoisotopic (exact) mass is 406 g/mol. The van der Waals surface area contributed by atoms with E-state index in [1.807, 2.05) is 26.8 Å². The molecule has 0 spiro atoms. The SMILES string of the molecule is COC(=O)c1csc(C(=O)C2CCC(C=C(C)C(=O)OC(C)(C)C)CC2)c1C. The first-order valence-corrected chi connectivity index (χ1v) is 10.5. The van der Waals surface area contributed by atoms with Gasteiger partial charge in [0, 0.05) is 16.9 Å². The van der Waals surface area contributed by atoms with E-state index in [1.165, 1.54) is 18.4 Å². The summed E-state index contributed by atoms with van der Waals surface area (Å²) in [6, 6.07) is 0. The molecule has 0 unspecified atom stereocenters. The van der Waals surface area contributed by atoms with Crippen LogP contribution in [0.1, 0.15) is 79.0 Å². The van der Waals surface area contributed by atoms with Crippen molar-refractivity contribution in [1.29, 1.82) is 0 Å². The highest BCUT2D eigenvalue weighted by molar-refractivity contribution is 7.12. The van der Waals surface area contributed by atoms with Gasteiger partial charge in [-0.15, -0.1) is 11.3 Å². The summed E-state index contributed by atoms with van der Waals surface area (Å²) in [6.07, 6.45) is 5.29. The molecule has 0 aromatic carbocycles. The molecule has 0 amide bonds. The Balaban J connectivity index is 1.97. The summed E-state index contributed by atoms with van der Waals surface area (Å²) in [5.41, 5.74) is 1.31. The first kappa shape index (κ1) is 22.3. The number of Topliss-reactive ketones (excluding diaryl/α,β-unsaturated/α-hetero) is 1. The number of esters is 2. The summed E-state index contributed by atoms with van der Waals surface area (Å²) < 4.78 is 10.2. The van der Waals surface area contributed by atoms with Crippen molar-refractivity contribution in [2.24, 2.45) is 11.8 Å². The van der Waals surface area contributed by atoms with Gasteiger partial charge in [-0.2, -0.15) is 0 Å². The average molecular weight is 407 g/mol. The summed E-state index contributed by atoms with van der Waals surface area (Å²) >= 11 is 1.32. The van der Waals surface area contributed by atoms with Gasteiger partial charge in [0.2, 0.25) is 0 Å². The smallest absolute Gasteiger partial charge is 0.338 e. The van der Waals surface area contributed by atoms with Crippen LogP contribution in [0.15, 0.2) is 17.0 Å². The van der Waals surface area contributed by atoms with Crippen LogP contribution in [-0.2, 0) is 14.3 Å². The maximum atomic E-state index is 12.9. The molecule has 0 aliphatic heterocycles. The number of rotatable bonds is 5. The lowest BCUT2D eigenvalue weighted by molar-refractivity contribution is -0.149. The predicted molar refractivity (Wildman–Crippen MR) is 110 cm³/mol. The molecular formula is C22H30O5S. The van der Waals surface area contributed by atoms with Crippen molar-refractivity contribution in [3.63, 3.8) is 0 Å². The first-order chi connectivity index (χ1) is 13.0. The molecule has 0 radical (unpaired) electrons. The molecule has 0 N–H and O–H groups in total. The highest BCUT2D eigenvalue weighted by Gasteiger charge is 2.30. The summed E-state index contributed by atoms with van der Waals surface area (Å²) in [5, 5.41) is 1.70. The number of hydrogen-bond acceptors (Lipinski definition) is 6. The Hall–Kier alpha value is -1.95. The quantitative estimate of drug-likeness (QED) is 0.386. The highest BCUT2D eigenvalue weighted by atomic mass is 32.1. The second-order valence-electron chi connectivity index (χ2n) is 8.42. The standard InChI is InChI=1S/C22H30O5S/c1-13(20(24)27-22(3,4)5)11-15-7-9-16(10-8-15)18(23)19-14(2)17(12-28-19)21(25)26-6/h11-12,15-16H,7-10H2,1-6H3. The van der Waals surface area contributed by atoms with Gasteiger partial charge in [0.25, 0.3) is 0 Å². The Kier molecular flexibility index (Phi) is 7.21. The van der Waals surface area contributed by atoms with Gasteiger partial charge in [0.05, 0.1) is 17.6 Å². The maximum absolute atomic E-state index is 12.9. The molecule has 0 bridgehead atoms. The van der Waals surface area contributed by atoms with Gasteiger partial charge in [0.15, 0.2) is 5.78 Å². The number of hydrogen-bond donors (Lipinski definition) is 0. The van der Waals surface area contributed by atoms with Crippen LogP contribution in [0, 0.1) is 18.8 Å². The molecule has 1 fully saturated rings. The lowest BCUT2D eigenvalue weighted by Gasteiger charge is -2.26. The van der Waals surface area contributed by atoms with Crippen molar-refractivity contribution < 1.29 is 23.9 Å². The second-order valence-corrected chi connectivity index (χ2v) is 9.30. The maximum Gasteiger partial charge on any atom is 0.338 e. The first-order valence-electron chi connectivity index (χ1n) is 9.66. The van der Waals surface area contributed by atoms with Crippen LogP contribution in [0.2, 0.25) is 0 Å². The molecule has 0 saturated heterocycles. The van der Waals surface area contributed by atoms with Crippen molar-refractivity contribution >= 4 is 29.1 Å². The third-order valence-corrected chi connectivity index (χ3v) is 6.11. The lowest BCUT2D eigenvalue weighted by Crippen LogP contribution is -2.25. The second kappa shape index (κ2) is 9.03. The molecule has 154 valence electrons. The molecular weight excluding hydrogens is 376 g/mol. The Bertz CT molecular complexity index is 773. The van der Waals surface area contributed by atoms with Crippen LogP contribution in [0.4, 0.5) is 0 Å². The van der Waals surface area contributed by atoms with Gasteiger partial charge >= 0.3 is 11.9 Å². The molecule has 6 heteroatoms. The van der Waals surface area contributed by atoms with Gasteiger partial charge in [-0.05, 0) is 71.8 Å². The van der Waals surface area contributed by atoms with Gasteiger partial charge in [-0.25, -0.2) is 9.59 Å². The van der Waals surface area contributed by atoms with Crippen LogP contribution in [0.25, 0.3) is 0 Å². The van der Waals surface area contributed by atoms with E-state index < -0.39 is 11.6 Å². The summed E-state index contributed by atoms with van der Waals surface area (Å²) in [4.78, 5) is 37.5. The summed E-state index contributed by atoms with van der Waals surface area (Å²) in [5.74, 6) is -0.320. The Morgan fingerprint density at radius 1 is 1.14 bits per heavy atom. The van der Waals surface area contributed by atoms with Gasteiger partial charge in [0.1, 0.15) is 5.60 Å². The van der Waals surface area contributed by atoms with Crippen molar-refractivity contribution in [3.8, 4) is 0 Å². The number of thiophene rings is 1. The van der Waals surface area contributed by atoms with Crippen molar-refractivity contribution in [2.75, 3.05) is 7.11 Å². The van der Waals surface area contributed by atoms with Crippen molar-refractivity contribution in [2.45, 2.75) is 65.9 Å². The van der Waals surface area contributed by atoms with E-state index in [0.29, 0.717) is 21.6 Å². The van der Waals surface area contributed by atoms with E-state index in [4.69, 9.17) is 9.47 Å². The molecule has 1 saturated carbocycles. The zero-order chi connectivity index (χ0) is 21.1. The molecule has 1 aliphatic carbocycles. The largest absolute Gasteiger partial charge is 0.465 e. The number of methoxy groups -OCH3 is 1. The zero-order valence-corrected chi connectivity index (χ0v) is 18.4. The molecule has 2 rings (SSSR count). The van der Waals surface area contributed by atoms with Crippen LogP contribution in [0.5, 0.6) is 0 Å². The topological polar surface area (TPSA) is 69.7 Å². The third-order valence-electron chi connectivity index (χ3n) is 5.02. The molecule has 28 heavy (non-hydrogen) atoms. The molecule has 0 atom stereocenters. The van der Waals surface area contributed by atoms with Gasteiger partial charge < -0.3 is 9.47 Å². The predicted octanol–water partition coefficient (Wildman–Crippen LogP) is 5.12. The Morgan fingerprint density at radius 3 is 2.29 bits per heavy atom. The third kappa shape index (κ3) is 5.53. The number of carbonyl (C=O) groups is 3. The fourth-order valence-corrected chi connectivity index (χ4v) is 4.56. The Morgan fingerprint density at radius 2 is 1.75 bits per heavy atom. The number of allylic oxidation sites excluding steroid dienone is 1.